The van der Waals surface area contributed by atoms with E-state index in [2.05, 4.69) is 0 Å². The van der Waals surface area contributed by atoms with Crippen LogP contribution in [0.1, 0.15) is 23.2 Å². The third-order valence-electron chi connectivity index (χ3n) is 3.88. The van der Waals surface area contributed by atoms with E-state index >= 15 is 0 Å². The Morgan fingerprint density at radius 2 is 1.60 bits per heavy atom. The van der Waals surface area contributed by atoms with Crippen molar-refractivity contribution in [2.24, 2.45) is 11.8 Å². The minimum Gasteiger partial charge on any atom is -0.478 e. The van der Waals surface area contributed by atoms with Crippen LogP contribution < -0.4 is 4.90 Å². The highest BCUT2D eigenvalue weighted by Crippen LogP contribution is 2.38. The molecule has 5 heteroatoms. The molecule has 1 N–H and O–H groups in total. The van der Waals surface area contributed by atoms with Crippen LogP contribution in [0.4, 0.5) is 5.69 Å². The number of carboxylic acid groups (broad SMARTS) is 1. The van der Waals surface area contributed by atoms with Gasteiger partial charge in [-0.25, -0.2) is 9.69 Å². The fourth-order valence-electron chi connectivity index (χ4n) is 2.89. The molecule has 20 heavy (non-hydrogen) atoms. The maximum atomic E-state index is 12.4. The standard InChI is InChI=1S/C15H13NO4/c17-13-9-5-1-2-6-10(9)14(18)16(13)12-8-4-3-7-11(12)15(19)20/h1-4,7-10H,5-6H2,(H,19,20). The molecule has 1 aliphatic heterocycles. The van der Waals surface area contributed by atoms with Gasteiger partial charge >= 0.3 is 5.97 Å². The molecule has 1 aromatic carbocycles. The van der Waals surface area contributed by atoms with Crippen LogP contribution in [0.25, 0.3) is 0 Å². The van der Waals surface area contributed by atoms with Gasteiger partial charge in [-0.05, 0) is 25.0 Å². The van der Waals surface area contributed by atoms with Crippen molar-refractivity contribution in [1.82, 2.24) is 0 Å². The van der Waals surface area contributed by atoms with Gasteiger partial charge in [0.1, 0.15) is 0 Å². The van der Waals surface area contributed by atoms with Gasteiger partial charge in [-0.15, -0.1) is 0 Å². The van der Waals surface area contributed by atoms with E-state index in [0.29, 0.717) is 12.8 Å². The lowest BCUT2D eigenvalue weighted by atomic mass is 9.85. The number of allylic oxidation sites excluding steroid dienone is 2. The van der Waals surface area contributed by atoms with Gasteiger partial charge in [-0.3, -0.25) is 9.59 Å². The van der Waals surface area contributed by atoms with E-state index in [1.54, 1.807) is 12.1 Å². The number of carbonyl (C=O) groups is 3. The fourth-order valence-corrected chi connectivity index (χ4v) is 2.89. The van der Waals surface area contributed by atoms with Crippen molar-refractivity contribution < 1.29 is 19.5 Å². The van der Waals surface area contributed by atoms with Gasteiger partial charge in [0.05, 0.1) is 23.1 Å². The maximum Gasteiger partial charge on any atom is 0.337 e. The molecule has 0 bridgehead atoms. The number of hydrogen-bond donors (Lipinski definition) is 1. The molecule has 3 rings (SSSR count). The summed E-state index contributed by atoms with van der Waals surface area (Å²) in [4.78, 5) is 37.1. The lowest BCUT2D eigenvalue weighted by Crippen LogP contribution is -2.32. The van der Waals surface area contributed by atoms with Crippen molar-refractivity contribution in [3.8, 4) is 0 Å². The van der Waals surface area contributed by atoms with E-state index in [9.17, 15) is 19.5 Å². The van der Waals surface area contributed by atoms with Crippen LogP contribution in [-0.2, 0) is 9.59 Å². The van der Waals surface area contributed by atoms with Crippen molar-refractivity contribution in [3.05, 3.63) is 42.0 Å². The first kappa shape index (κ1) is 12.6. The van der Waals surface area contributed by atoms with Gasteiger partial charge < -0.3 is 5.11 Å². The van der Waals surface area contributed by atoms with Gasteiger partial charge in [0.2, 0.25) is 11.8 Å². The van der Waals surface area contributed by atoms with Crippen LogP contribution in [0.2, 0.25) is 0 Å². The van der Waals surface area contributed by atoms with E-state index in [1.807, 2.05) is 12.2 Å². The van der Waals surface area contributed by atoms with Crippen LogP contribution in [0.15, 0.2) is 36.4 Å². The number of nitrogens with zero attached hydrogens (tertiary/aromatic N) is 1. The summed E-state index contributed by atoms with van der Waals surface area (Å²) < 4.78 is 0. The molecule has 1 heterocycles. The second kappa shape index (κ2) is 4.59. The molecule has 0 saturated carbocycles. The Bertz CT molecular complexity index is 609. The fraction of sp³-hybridized carbons (Fsp3) is 0.267. The summed E-state index contributed by atoms with van der Waals surface area (Å²) in [7, 11) is 0. The minimum atomic E-state index is -1.14. The number of fused-ring (bicyclic) bond motifs is 1. The van der Waals surface area contributed by atoms with Gasteiger partial charge in [-0.1, -0.05) is 24.3 Å². The Balaban J connectivity index is 2.06. The number of carboxylic acids is 1. The van der Waals surface area contributed by atoms with E-state index < -0.39 is 5.97 Å². The first-order valence-corrected chi connectivity index (χ1v) is 6.46. The summed E-state index contributed by atoms with van der Waals surface area (Å²) in [6, 6.07) is 6.11. The van der Waals surface area contributed by atoms with Gasteiger partial charge in [-0.2, -0.15) is 0 Å². The molecular formula is C15H13NO4. The molecule has 102 valence electrons. The molecule has 2 amide bonds. The second-order valence-electron chi connectivity index (χ2n) is 4.99. The Morgan fingerprint density at radius 3 is 2.15 bits per heavy atom. The van der Waals surface area contributed by atoms with Crippen molar-refractivity contribution in [2.75, 3.05) is 4.90 Å². The van der Waals surface area contributed by atoms with Gasteiger partial charge in [0.15, 0.2) is 0 Å². The number of anilines is 1. The zero-order valence-electron chi connectivity index (χ0n) is 10.7. The Kier molecular flexibility index (Phi) is 2.89. The molecule has 1 fully saturated rings. The first-order chi connectivity index (χ1) is 9.61. The molecule has 2 atom stereocenters. The number of para-hydroxylation sites is 1. The van der Waals surface area contributed by atoms with Crippen LogP contribution in [0, 0.1) is 11.8 Å². The zero-order chi connectivity index (χ0) is 14.3. The highest BCUT2D eigenvalue weighted by Gasteiger charge is 2.48. The Hall–Kier alpha value is -2.43. The summed E-state index contributed by atoms with van der Waals surface area (Å²) >= 11 is 0. The van der Waals surface area contributed by atoms with Crippen molar-refractivity contribution in [3.63, 3.8) is 0 Å². The molecule has 1 aromatic rings. The number of carbonyl (C=O) groups excluding carboxylic acids is 2. The number of imide groups is 1. The molecular weight excluding hydrogens is 258 g/mol. The molecule has 5 nitrogen and oxygen atoms in total. The van der Waals surface area contributed by atoms with E-state index in [1.165, 1.54) is 12.1 Å². The van der Waals surface area contributed by atoms with E-state index in [4.69, 9.17) is 0 Å². The summed E-state index contributed by atoms with van der Waals surface area (Å²) in [5.41, 5.74) is 0.144. The van der Waals surface area contributed by atoms with Crippen molar-refractivity contribution >= 4 is 23.5 Å². The summed E-state index contributed by atoms with van der Waals surface area (Å²) in [6.07, 6.45) is 4.89. The second-order valence-corrected chi connectivity index (χ2v) is 4.99. The predicted octanol–water partition coefficient (Wildman–Crippen LogP) is 1.84. The van der Waals surface area contributed by atoms with Crippen molar-refractivity contribution in [1.29, 1.82) is 0 Å². The highest BCUT2D eigenvalue weighted by atomic mass is 16.4. The van der Waals surface area contributed by atoms with E-state index in [0.717, 1.165) is 4.90 Å². The van der Waals surface area contributed by atoms with Crippen molar-refractivity contribution in [2.45, 2.75) is 12.8 Å². The Morgan fingerprint density at radius 1 is 1.05 bits per heavy atom. The molecule has 0 radical (unpaired) electrons. The van der Waals surface area contributed by atoms with Gasteiger partial charge in [0, 0.05) is 0 Å². The molecule has 0 aromatic heterocycles. The molecule has 2 unspecified atom stereocenters. The third kappa shape index (κ3) is 1.74. The van der Waals surface area contributed by atoms with Crippen LogP contribution in [-0.4, -0.2) is 22.9 Å². The largest absolute Gasteiger partial charge is 0.478 e. The Labute approximate surface area is 115 Å². The maximum absolute atomic E-state index is 12.4. The van der Waals surface area contributed by atoms with Crippen LogP contribution in [0.3, 0.4) is 0 Å². The lowest BCUT2D eigenvalue weighted by molar-refractivity contribution is -0.122. The SMILES string of the molecule is O=C(O)c1ccccc1N1C(=O)C2CC=CCC2C1=O. The lowest BCUT2D eigenvalue weighted by Gasteiger charge is -2.16. The summed E-state index contributed by atoms with van der Waals surface area (Å²) in [5.74, 6) is -2.44. The predicted molar refractivity (Wildman–Crippen MR) is 71.2 cm³/mol. The first-order valence-electron chi connectivity index (χ1n) is 6.46. The molecule has 1 aliphatic carbocycles. The average Bonchev–Trinajstić information content (AvgIpc) is 2.71. The number of amides is 2. The van der Waals surface area contributed by atoms with Gasteiger partial charge in [0.25, 0.3) is 0 Å². The number of rotatable bonds is 2. The molecule has 1 saturated heterocycles. The zero-order valence-corrected chi connectivity index (χ0v) is 10.7. The highest BCUT2D eigenvalue weighted by molar-refractivity contribution is 6.23. The quantitative estimate of drug-likeness (QED) is 0.658. The third-order valence-corrected chi connectivity index (χ3v) is 3.88. The smallest absolute Gasteiger partial charge is 0.337 e. The number of benzene rings is 1. The van der Waals surface area contributed by atoms with Crippen LogP contribution in [0.5, 0.6) is 0 Å². The number of hydrogen-bond acceptors (Lipinski definition) is 3. The molecule has 2 aliphatic rings. The minimum absolute atomic E-state index is 0.0270. The van der Waals surface area contributed by atoms with E-state index in [-0.39, 0.29) is 34.9 Å². The summed E-state index contributed by atoms with van der Waals surface area (Å²) in [6.45, 7) is 0. The topological polar surface area (TPSA) is 74.7 Å². The monoisotopic (exact) mass is 271 g/mol. The summed E-state index contributed by atoms with van der Waals surface area (Å²) in [5, 5.41) is 9.20. The average molecular weight is 271 g/mol. The normalized spacial score (nSPS) is 24.9. The number of aromatic carboxylic acids is 1. The molecule has 0 spiro atoms. The van der Waals surface area contributed by atoms with Crippen LogP contribution >= 0.6 is 0 Å².